The molecule has 1 spiro atoms. The van der Waals surface area contributed by atoms with Crippen molar-refractivity contribution in [3.63, 3.8) is 0 Å². The molecule has 0 fully saturated rings. The molecule has 1 aromatic heterocycles. The number of rotatable bonds is 5. The predicted octanol–water partition coefficient (Wildman–Crippen LogP) is 15.5. The average Bonchev–Trinajstić information content (AvgIpc) is 3.81. The van der Waals surface area contributed by atoms with Crippen LogP contribution in [0.3, 0.4) is 0 Å². The first-order valence-corrected chi connectivity index (χ1v) is 23.4. The maximum absolute atomic E-state index is 5.58. The Labute approximate surface area is 392 Å². The van der Waals surface area contributed by atoms with E-state index in [-0.39, 0.29) is 10.8 Å². The summed E-state index contributed by atoms with van der Waals surface area (Å²) in [7, 11) is 0. The predicted molar refractivity (Wildman–Crippen MR) is 274 cm³/mol. The quantitative estimate of drug-likeness (QED) is 0.173. The monoisotopic (exact) mass is 857 g/mol. The van der Waals surface area contributed by atoms with Gasteiger partial charge in [0.25, 0.3) is 0 Å². The molecule has 10 aromatic rings. The normalized spacial score (nSPS) is 14.9. The molecule has 3 heteroatoms. The third-order valence-corrected chi connectivity index (χ3v) is 15.2. The lowest BCUT2D eigenvalue weighted by atomic mass is 9.55. The second-order valence-electron chi connectivity index (χ2n) is 19.5. The Morgan fingerprint density at radius 1 is 0.254 bits per heavy atom. The van der Waals surface area contributed by atoms with Crippen molar-refractivity contribution >= 4 is 0 Å². The highest BCUT2D eigenvalue weighted by Crippen LogP contribution is 2.63. The number of nitrogens with zero attached hydrogens (tertiary/aromatic N) is 3. The summed E-state index contributed by atoms with van der Waals surface area (Å²) in [4.78, 5) is 16.6. The summed E-state index contributed by atoms with van der Waals surface area (Å²) in [6, 6.07) is 77.6. The van der Waals surface area contributed by atoms with Gasteiger partial charge in [-0.3, -0.25) is 0 Å². The van der Waals surface area contributed by atoms with Crippen molar-refractivity contribution in [3.05, 3.63) is 257 Å². The van der Waals surface area contributed by atoms with Gasteiger partial charge in [-0.2, -0.15) is 0 Å². The van der Waals surface area contributed by atoms with Crippen LogP contribution in [0.5, 0.6) is 0 Å². The average molecular weight is 858 g/mol. The number of fused-ring (bicyclic) bond motifs is 12. The summed E-state index contributed by atoms with van der Waals surface area (Å²) in [6.07, 6.45) is 0. The zero-order valence-corrected chi connectivity index (χ0v) is 38.0. The third kappa shape index (κ3) is 5.67. The fourth-order valence-corrected chi connectivity index (χ4v) is 12.0. The standard InChI is InChI=1S/C64H47N3/c1-62(2)50-27-13-11-24-46(50)47-35-34-42(39-57(47)62)59-65-60(45-37-43(40-20-7-5-8-21-40)36-44(38-45)41-22-9-6-10-23-41)67-61(66-59)49-26-19-33-56-58(49)48-25-12-14-28-51(48)64(56)54-31-17-15-29-52(54)63(3,4)53-30-16-18-32-55(53)64/h5-39H,1-4H3. The molecule has 0 saturated heterocycles. The van der Waals surface area contributed by atoms with Gasteiger partial charge in [-0.05, 0) is 113 Å². The van der Waals surface area contributed by atoms with Gasteiger partial charge in [0.1, 0.15) is 0 Å². The molecule has 0 saturated carbocycles. The van der Waals surface area contributed by atoms with Gasteiger partial charge in [-0.1, -0.05) is 216 Å². The van der Waals surface area contributed by atoms with Gasteiger partial charge in [0.2, 0.25) is 0 Å². The van der Waals surface area contributed by atoms with E-state index in [9.17, 15) is 0 Å². The second-order valence-corrected chi connectivity index (χ2v) is 19.5. The van der Waals surface area contributed by atoms with Gasteiger partial charge in [-0.25, -0.2) is 15.0 Å². The smallest absolute Gasteiger partial charge is 0.164 e. The molecule has 3 nitrogen and oxygen atoms in total. The van der Waals surface area contributed by atoms with E-state index in [1.807, 2.05) is 0 Å². The van der Waals surface area contributed by atoms with Crippen LogP contribution in [0, 0.1) is 0 Å². The van der Waals surface area contributed by atoms with Crippen molar-refractivity contribution in [1.82, 2.24) is 15.0 Å². The van der Waals surface area contributed by atoms with Crippen LogP contribution in [0.4, 0.5) is 0 Å². The SMILES string of the molecule is CC1(C)c2ccccc2-c2ccc(-c3nc(-c4cc(-c5ccccc5)cc(-c5ccccc5)c4)nc(-c4cccc5c4-c4ccccc4C54c5ccccc5C(C)(C)c5ccccc54)n3)cc21. The molecule has 13 rings (SSSR count). The lowest BCUT2D eigenvalue weighted by Crippen LogP contribution is -2.40. The zero-order valence-electron chi connectivity index (χ0n) is 38.0. The molecular formula is C64H47N3. The molecule has 3 aliphatic rings. The lowest BCUT2D eigenvalue weighted by Gasteiger charge is -2.46. The van der Waals surface area contributed by atoms with Crippen LogP contribution >= 0.6 is 0 Å². The molecule has 3 aliphatic carbocycles. The van der Waals surface area contributed by atoms with E-state index in [1.165, 1.54) is 66.8 Å². The molecule has 0 N–H and O–H groups in total. The van der Waals surface area contributed by atoms with Crippen molar-refractivity contribution in [3.8, 4) is 78.7 Å². The summed E-state index contributed by atoms with van der Waals surface area (Å²) < 4.78 is 0. The highest BCUT2D eigenvalue weighted by Gasteiger charge is 2.53. The Morgan fingerprint density at radius 2 is 0.687 bits per heavy atom. The van der Waals surface area contributed by atoms with E-state index in [0.29, 0.717) is 17.5 Å². The van der Waals surface area contributed by atoms with Gasteiger partial charge in [0.15, 0.2) is 17.5 Å². The first kappa shape index (κ1) is 39.4. The Kier molecular flexibility index (Phi) is 8.52. The molecule has 0 unspecified atom stereocenters. The van der Waals surface area contributed by atoms with Crippen molar-refractivity contribution in [2.75, 3.05) is 0 Å². The molecule has 0 aliphatic heterocycles. The van der Waals surface area contributed by atoms with E-state index in [1.54, 1.807) is 0 Å². The van der Waals surface area contributed by atoms with Gasteiger partial charge < -0.3 is 0 Å². The third-order valence-electron chi connectivity index (χ3n) is 15.2. The van der Waals surface area contributed by atoms with Crippen LogP contribution < -0.4 is 0 Å². The molecule has 0 amide bonds. The van der Waals surface area contributed by atoms with Gasteiger partial charge in [0, 0.05) is 27.5 Å². The highest BCUT2D eigenvalue weighted by molar-refractivity contribution is 5.96. The van der Waals surface area contributed by atoms with Crippen LogP contribution in [0.15, 0.2) is 212 Å². The molecule has 67 heavy (non-hydrogen) atoms. The lowest BCUT2D eigenvalue weighted by molar-refractivity contribution is 0.563. The fraction of sp³-hybridized carbons (Fsp3) is 0.109. The zero-order chi connectivity index (χ0) is 45.1. The first-order valence-electron chi connectivity index (χ1n) is 23.4. The first-order chi connectivity index (χ1) is 32.7. The number of benzene rings is 9. The molecule has 1 heterocycles. The van der Waals surface area contributed by atoms with Crippen LogP contribution in [0.1, 0.15) is 72.2 Å². The van der Waals surface area contributed by atoms with Crippen molar-refractivity contribution < 1.29 is 0 Å². The highest BCUT2D eigenvalue weighted by atomic mass is 15.0. The Bertz CT molecular complexity index is 3530. The molecule has 9 aromatic carbocycles. The summed E-state index contributed by atoms with van der Waals surface area (Å²) in [5.74, 6) is 1.93. The van der Waals surface area contributed by atoms with E-state index in [4.69, 9.17) is 15.0 Å². The maximum atomic E-state index is 5.58. The topological polar surface area (TPSA) is 38.7 Å². The Balaban J connectivity index is 1.09. The maximum Gasteiger partial charge on any atom is 0.164 e. The summed E-state index contributed by atoms with van der Waals surface area (Å²) >= 11 is 0. The van der Waals surface area contributed by atoms with E-state index in [0.717, 1.165) is 38.9 Å². The van der Waals surface area contributed by atoms with Crippen LogP contribution in [0.25, 0.3) is 78.7 Å². The number of hydrogen-bond acceptors (Lipinski definition) is 3. The van der Waals surface area contributed by atoms with E-state index in [2.05, 4.69) is 240 Å². The minimum absolute atomic E-state index is 0.186. The number of hydrogen-bond donors (Lipinski definition) is 0. The van der Waals surface area contributed by atoms with Crippen LogP contribution in [-0.4, -0.2) is 15.0 Å². The Morgan fingerprint density at radius 3 is 1.31 bits per heavy atom. The molecule has 0 radical (unpaired) electrons. The molecule has 0 atom stereocenters. The fourth-order valence-electron chi connectivity index (χ4n) is 12.0. The van der Waals surface area contributed by atoms with Gasteiger partial charge >= 0.3 is 0 Å². The van der Waals surface area contributed by atoms with Crippen LogP contribution in [-0.2, 0) is 16.2 Å². The van der Waals surface area contributed by atoms with Gasteiger partial charge in [-0.15, -0.1) is 0 Å². The van der Waals surface area contributed by atoms with Crippen LogP contribution in [0.2, 0.25) is 0 Å². The number of aromatic nitrogens is 3. The van der Waals surface area contributed by atoms with E-state index >= 15 is 0 Å². The van der Waals surface area contributed by atoms with Crippen molar-refractivity contribution in [1.29, 1.82) is 0 Å². The minimum Gasteiger partial charge on any atom is -0.208 e. The summed E-state index contributed by atoms with van der Waals surface area (Å²) in [5, 5.41) is 0. The van der Waals surface area contributed by atoms with Gasteiger partial charge in [0.05, 0.1) is 5.41 Å². The van der Waals surface area contributed by atoms with Crippen molar-refractivity contribution in [2.45, 2.75) is 43.9 Å². The van der Waals surface area contributed by atoms with E-state index < -0.39 is 5.41 Å². The molecule has 318 valence electrons. The largest absolute Gasteiger partial charge is 0.208 e. The minimum atomic E-state index is -0.543. The summed E-state index contributed by atoms with van der Waals surface area (Å²) in [5.41, 5.74) is 21.9. The molecule has 0 bridgehead atoms. The molecular weight excluding hydrogens is 811 g/mol. The Hall–Kier alpha value is -8.01. The van der Waals surface area contributed by atoms with Crippen molar-refractivity contribution in [2.24, 2.45) is 0 Å². The second kappa shape index (κ2) is 14.5. The summed E-state index contributed by atoms with van der Waals surface area (Å²) in [6.45, 7) is 9.40.